The van der Waals surface area contributed by atoms with Crippen LogP contribution in [0.2, 0.25) is 0 Å². The number of carbonyl (C=O) groups is 1. The molecule has 0 unspecified atom stereocenters. The third-order valence-electron chi connectivity index (χ3n) is 4.45. The van der Waals surface area contributed by atoms with Crippen molar-refractivity contribution >= 4 is 5.91 Å². The van der Waals surface area contributed by atoms with E-state index in [0.29, 0.717) is 18.7 Å². The number of benzene rings is 2. The number of nitrogens with one attached hydrogen (secondary N) is 1. The number of nitrogens with zero attached hydrogens (tertiary/aromatic N) is 2. The summed E-state index contributed by atoms with van der Waals surface area (Å²) in [6, 6.07) is 17.6. The lowest BCUT2D eigenvalue weighted by atomic mass is 10.1. The summed E-state index contributed by atoms with van der Waals surface area (Å²) in [5, 5.41) is 7.50. The first-order valence-corrected chi connectivity index (χ1v) is 9.65. The highest BCUT2D eigenvalue weighted by atomic mass is 16.5. The minimum absolute atomic E-state index is 0.106. The number of hydrogen-bond donors (Lipinski definition) is 1. The lowest BCUT2D eigenvalue weighted by molar-refractivity contribution is 0.0950. The van der Waals surface area contributed by atoms with Gasteiger partial charge in [-0.05, 0) is 55.7 Å². The standard InChI is InChI=1S/C23H27N3O2/c1-4-11-28-22-10-6-9-21(14-22)23(27)24-15-19-7-5-8-20(13-19)16-26-18(3)12-17(2)25-26/h5-10,12-14H,4,11,15-16H2,1-3H3,(H,24,27). The number of rotatable bonds is 8. The summed E-state index contributed by atoms with van der Waals surface area (Å²) in [6.45, 7) is 7.95. The third kappa shape index (κ3) is 5.22. The zero-order valence-electron chi connectivity index (χ0n) is 16.7. The van der Waals surface area contributed by atoms with Gasteiger partial charge in [-0.2, -0.15) is 5.10 Å². The molecule has 5 nitrogen and oxygen atoms in total. The van der Waals surface area contributed by atoms with Crippen LogP contribution in [0.3, 0.4) is 0 Å². The lowest BCUT2D eigenvalue weighted by Crippen LogP contribution is -2.22. The van der Waals surface area contributed by atoms with E-state index in [0.717, 1.165) is 41.2 Å². The van der Waals surface area contributed by atoms with Gasteiger partial charge in [-0.1, -0.05) is 37.3 Å². The van der Waals surface area contributed by atoms with Crippen LogP contribution < -0.4 is 10.1 Å². The molecule has 1 heterocycles. The maximum absolute atomic E-state index is 12.5. The van der Waals surface area contributed by atoms with Gasteiger partial charge >= 0.3 is 0 Å². The molecule has 0 bridgehead atoms. The van der Waals surface area contributed by atoms with Gasteiger partial charge in [-0.3, -0.25) is 9.48 Å². The average Bonchev–Trinajstić information content (AvgIpc) is 3.01. The molecule has 0 aliphatic carbocycles. The van der Waals surface area contributed by atoms with Crippen molar-refractivity contribution in [3.8, 4) is 5.75 Å². The number of hydrogen-bond acceptors (Lipinski definition) is 3. The van der Waals surface area contributed by atoms with E-state index >= 15 is 0 Å². The number of ether oxygens (including phenoxy) is 1. The van der Waals surface area contributed by atoms with E-state index in [4.69, 9.17) is 4.74 Å². The van der Waals surface area contributed by atoms with Crippen molar-refractivity contribution < 1.29 is 9.53 Å². The van der Waals surface area contributed by atoms with Gasteiger partial charge in [-0.25, -0.2) is 0 Å². The smallest absolute Gasteiger partial charge is 0.251 e. The average molecular weight is 377 g/mol. The van der Waals surface area contributed by atoms with Crippen LogP contribution in [0.1, 0.15) is 46.2 Å². The molecule has 5 heteroatoms. The Kier molecular flexibility index (Phi) is 6.48. The molecular weight excluding hydrogens is 350 g/mol. The van der Waals surface area contributed by atoms with Crippen LogP contribution in [0.25, 0.3) is 0 Å². The van der Waals surface area contributed by atoms with Crippen LogP contribution in [0, 0.1) is 13.8 Å². The summed E-state index contributed by atoms with van der Waals surface area (Å²) >= 11 is 0. The van der Waals surface area contributed by atoms with Gasteiger partial charge in [-0.15, -0.1) is 0 Å². The van der Waals surface area contributed by atoms with Gasteiger partial charge < -0.3 is 10.1 Å². The minimum Gasteiger partial charge on any atom is -0.494 e. The zero-order chi connectivity index (χ0) is 19.9. The van der Waals surface area contributed by atoms with E-state index < -0.39 is 0 Å². The minimum atomic E-state index is -0.106. The Morgan fingerprint density at radius 3 is 2.61 bits per heavy atom. The van der Waals surface area contributed by atoms with Crippen molar-refractivity contribution in [3.63, 3.8) is 0 Å². The summed E-state index contributed by atoms with van der Waals surface area (Å²) in [5.74, 6) is 0.618. The van der Waals surface area contributed by atoms with E-state index in [2.05, 4.69) is 42.5 Å². The van der Waals surface area contributed by atoms with E-state index in [1.807, 2.05) is 35.9 Å². The number of amides is 1. The molecule has 0 aliphatic heterocycles. The van der Waals surface area contributed by atoms with Gasteiger partial charge in [0.1, 0.15) is 5.75 Å². The fourth-order valence-electron chi connectivity index (χ4n) is 3.08. The molecule has 28 heavy (non-hydrogen) atoms. The fraction of sp³-hybridized carbons (Fsp3) is 0.304. The summed E-state index contributed by atoms with van der Waals surface area (Å²) < 4.78 is 7.60. The largest absolute Gasteiger partial charge is 0.494 e. The molecule has 0 spiro atoms. The van der Waals surface area contributed by atoms with E-state index in [1.165, 1.54) is 0 Å². The molecule has 0 radical (unpaired) electrons. The van der Waals surface area contributed by atoms with Gasteiger partial charge in [0.25, 0.3) is 5.91 Å². The molecule has 0 saturated carbocycles. The van der Waals surface area contributed by atoms with Crippen LogP contribution in [0.15, 0.2) is 54.6 Å². The monoisotopic (exact) mass is 377 g/mol. The van der Waals surface area contributed by atoms with Crippen molar-refractivity contribution in [2.24, 2.45) is 0 Å². The van der Waals surface area contributed by atoms with Crippen LogP contribution in [0.5, 0.6) is 5.75 Å². The molecule has 0 aliphatic rings. The van der Waals surface area contributed by atoms with Crippen molar-refractivity contribution in [2.75, 3.05) is 6.61 Å². The topological polar surface area (TPSA) is 56.1 Å². The second kappa shape index (κ2) is 9.22. The van der Waals surface area contributed by atoms with Gasteiger partial charge in [0.2, 0.25) is 0 Å². The molecule has 3 aromatic rings. The predicted molar refractivity (Wildman–Crippen MR) is 111 cm³/mol. The van der Waals surface area contributed by atoms with Crippen LogP contribution in [-0.2, 0) is 13.1 Å². The molecule has 0 fully saturated rings. The molecule has 1 N–H and O–H groups in total. The lowest BCUT2D eigenvalue weighted by Gasteiger charge is -2.10. The maximum Gasteiger partial charge on any atom is 0.251 e. The molecule has 1 amide bonds. The summed E-state index contributed by atoms with van der Waals surface area (Å²) in [6.07, 6.45) is 0.935. The van der Waals surface area contributed by atoms with E-state index in [-0.39, 0.29) is 5.91 Å². The first-order valence-electron chi connectivity index (χ1n) is 9.65. The molecule has 0 saturated heterocycles. The van der Waals surface area contributed by atoms with Crippen molar-refractivity contribution in [2.45, 2.75) is 40.3 Å². The molecule has 0 atom stereocenters. The normalized spacial score (nSPS) is 10.7. The van der Waals surface area contributed by atoms with Crippen molar-refractivity contribution in [1.82, 2.24) is 15.1 Å². The number of carbonyl (C=O) groups excluding carboxylic acids is 1. The SMILES string of the molecule is CCCOc1cccc(C(=O)NCc2cccc(Cn3nc(C)cc3C)c2)c1. The molecular formula is C23H27N3O2. The molecule has 146 valence electrons. The Labute approximate surface area is 166 Å². The van der Waals surface area contributed by atoms with Crippen molar-refractivity contribution in [1.29, 1.82) is 0 Å². The molecule has 2 aromatic carbocycles. The van der Waals surface area contributed by atoms with Crippen LogP contribution in [0.4, 0.5) is 0 Å². The zero-order valence-corrected chi connectivity index (χ0v) is 16.7. The first-order chi connectivity index (χ1) is 13.5. The highest BCUT2D eigenvalue weighted by Gasteiger charge is 2.08. The van der Waals surface area contributed by atoms with Gasteiger partial charge in [0.15, 0.2) is 0 Å². The first kappa shape index (κ1) is 19.7. The second-order valence-electron chi connectivity index (χ2n) is 6.96. The van der Waals surface area contributed by atoms with Gasteiger partial charge in [0, 0.05) is 17.8 Å². The Morgan fingerprint density at radius 2 is 1.86 bits per heavy atom. The number of aromatic nitrogens is 2. The predicted octanol–water partition coefficient (Wildman–Crippen LogP) is 4.27. The highest BCUT2D eigenvalue weighted by molar-refractivity contribution is 5.94. The van der Waals surface area contributed by atoms with E-state index in [9.17, 15) is 4.79 Å². The summed E-state index contributed by atoms with van der Waals surface area (Å²) in [5.41, 5.74) is 4.98. The molecule has 1 aromatic heterocycles. The Balaban J connectivity index is 1.61. The number of aryl methyl sites for hydroxylation is 2. The van der Waals surface area contributed by atoms with E-state index in [1.54, 1.807) is 12.1 Å². The quantitative estimate of drug-likeness (QED) is 0.638. The van der Waals surface area contributed by atoms with Crippen LogP contribution in [-0.4, -0.2) is 22.3 Å². The Hall–Kier alpha value is -3.08. The summed E-state index contributed by atoms with van der Waals surface area (Å²) in [4.78, 5) is 12.5. The summed E-state index contributed by atoms with van der Waals surface area (Å²) in [7, 11) is 0. The Bertz CT molecular complexity index is 947. The second-order valence-corrected chi connectivity index (χ2v) is 6.96. The van der Waals surface area contributed by atoms with Crippen molar-refractivity contribution in [3.05, 3.63) is 82.7 Å². The highest BCUT2D eigenvalue weighted by Crippen LogP contribution is 2.14. The fourth-order valence-corrected chi connectivity index (χ4v) is 3.08. The third-order valence-corrected chi connectivity index (χ3v) is 4.45. The maximum atomic E-state index is 12.5. The van der Waals surface area contributed by atoms with Gasteiger partial charge in [0.05, 0.1) is 18.8 Å². The Morgan fingerprint density at radius 1 is 1.07 bits per heavy atom. The van der Waals surface area contributed by atoms with Crippen LogP contribution >= 0.6 is 0 Å². The molecule has 3 rings (SSSR count).